The van der Waals surface area contributed by atoms with Gasteiger partial charge in [0.1, 0.15) is 0 Å². The monoisotopic (exact) mass is 191 g/mol. The van der Waals surface area contributed by atoms with Gasteiger partial charge in [0.25, 0.3) is 0 Å². The van der Waals surface area contributed by atoms with E-state index in [4.69, 9.17) is 0 Å². The molecule has 3 heteroatoms. The van der Waals surface area contributed by atoms with Crippen LogP contribution in [0.4, 0.5) is 0 Å². The van der Waals surface area contributed by atoms with Crippen molar-refractivity contribution in [2.24, 2.45) is 10.4 Å². The molecule has 0 saturated heterocycles. The van der Waals surface area contributed by atoms with Gasteiger partial charge < -0.3 is 0 Å². The molecule has 14 heavy (non-hydrogen) atoms. The summed E-state index contributed by atoms with van der Waals surface area (Å²) in [7, 11) is 0. The van der Waals surface area contributed by atoms with Crippen LogP contribution in [0.3, 0.4) is 0 Å². The van der Waals surface area contributed by atoms with Gasteiger partial charge in [0.15, 0.2) is 0 Å². The number of hydrogen-bond donors (Lipinski definition) is 1. The van der Waals surface area contributed by atoms with Gasteiger partial charge >= 0.3 is 0 Å². The maximum absolute atomic E-state index is 4.01. The highest BCUT2D eigenvalue weighted by molar-refractivity contribution is 5.48. The van der Waals surface area contributed by atoms with E-state index >= 15 is 0 Å². The van der Waals surface area contributed by atoms with E-state index in [2.05, 4.69) is 49.6 Å². The normalized spacial score (nSPS) is 15.6. The van der Waals surface area contributed by atoms with Crippen molar-refractivity contribution in [3.63, 3.8) is 0 Å². The van der Waals surface area contributed by atoms with Gasteiger partial charge in [0.05, 0.1) is 17.7 Å². The molecule has 0 aromatic carbocycles. The van der Waals surface area contributed by atoms with Crippen LogP contribution in [0.15, 0.2) is 11.2 Å². The van der Waals surface area contributed by atoms with Crippen LogP contribution in [0, 0.1) is 5.41 Å². The minimum atomic E-state index is 0.146. The lowest BCUT2D eigenvalue weighted by atomic mass is 9.87. The van der Waals surface area contributed by atoms with Gasteiger partial charge in [0, 0.05) is 5.22 Å². The molecule has 1 N–H and O–H groups in total. The molecule has 0 radical (unpaired) electrons. The Balaban J connectivity index is 3.53. The molecule has 0 aliphatic carbocycles. The van der Waals surface area contributed by atoms with Gasteiger partial charge in [-0.2, -0.15) is 5.10 Å². The van der Waals surface area contributed by atoms with Crippen molar-refractivity contribution in [3.05, 3.63) is 16.8 Å². The van der Waals surface area contributed by atoms with Gasteiger partial charge in [-0.1, -0.05) is 26.3 Å². The van der Waals surface area contributed by atoms with Gasteiger partial charge in [-0.3, -0.25) is 10.1 Å². The lowest BCUT2D eigenvalue weighted by molar-refractivity contribution is 0.558. The first-order valence-corrected chi connectivity index (χ1v) is 4.63. The minimum Gasteiger partial charge on any atom is -0.276 e. The van der Waals surface area contributed by atoms with Crippen molar-refractivity contribution in [3.8, 4) is 0 Å². The molecule has 1 aromatic rings. The summed E-state index contributed by atoms with van der Waals surface area (Å²) in [6.07, 6.45) is 3.52. The average molecular weight is 191 g/mol. The summed E-state index contributed by atoms with van der Waals surface area (Å²) in [4.78, 5) is 3.74. The lowest BCUT2D eigenvalue weighted by Crippen LogP contribution is -2.28. The molecule has 0 fully saturated rings. The number of H-pyrrole nitrogens is 1. The first-order valence-electron chi connectivity index (χ1n) is 4.63. The minimum absolute atomic E-state index is 0.146. The zero-order chi connectivity index (χ0) is 10.8. The van der Waals surface area contributed by atoms with Crippen LogP contribution in [0.2, 0.25) is 0 Å². The van der Waals surface area contributed by atoms with E-state index < -0.39 is 0 Å². The summed E-state index contributed by atoms with van der Waals surface area (Å²) in [5.74, 6) is 0. The Morgan fingerprint density at radius 2 is 2.21 bits per heavy atom. The van der Waals surface area contributed by atoms with Crippen molar-refractivity contribution in [1.29, 1.82) is 0 Å². The molecular formula is C11H17N3. The van der Waals surface area contributed by atoms with E-state index in [0.29, 0.717) is 0 Å². The van der Waals surface area contributed by atoms with E-state index in [1.54, 1.807) is 6.20 Å². The van der Waals surface area contributed by atoms with Crippen molar-refractivity contribution in [1.82, 2.24) is 10.2 Å². The summed E-state index contributed by atoms with van der Waals surface area (Å²) in [6, 6.07) is 0. The Morgan fingerprint density at radius 3 is 2.71 bits per heavy atom. The molecule has 0 aliphatic heterocycles. The van der Waals surface area contributed by atoms with E-state index in [1.807, 2.05) is 6.20 Å². The number of rotatable bonds is 1. The number of nitrogens with one attached hydrogen (secondary N) is 1. The molecular weight excluding hydrogens is 174 g/mol. The third kappa shape index (κ3) is 2.10. The molecule has 1 rings (SSSR count). The van der Waals surface area contributed by atoms with Crippen LogP contribution in [0.5, 0.6) is 0 Å². The van der Waals surface area contributed by atoms with Crippen LogP contribution in [0.1, 0.15) is 27.7 Å². The fourth-order valence-electron chi connectivity index (χ4n) is 1.19. The van der Waals surface area contributed by atoms with Gasteiger partial charge in [0.2, 0.25) is 0 Å². The number of nitrogens with zero attached hydrogens (tertiary/aromatic N) is 2. The Bertz CT molecular complexity index is 432. The predicted octanol–water partition coefficient (Wildman–Crippen LogP) is 1.06. The summed E-state index contributed by atoms with van der Waals surface area (Å²) in [5.41, 5.74) is 1.44. The smallest absolute Gasteiger partial charge is 0.0832 e. The first-order chi connectivity index (χ1) is 6.46. The highest BCUT2D eigenvalue weighted by Gasteiger charge is 2.13. The summed E-state index contributed by atoms with van der Waals surface area (Å²) < 4.78 is 0. The average Bonchev–Trinajstić information content (AvgIpc) is 2.50. The molecule has 1 aromatic heterocycles. The number of aromatic amines is 1. The molecule has 76 valence electrons. The second kappa shape index (κ2) is 3.78. The second-order valence-electron chi connectivity index (χ2n) is 4.38. The van der Waals surface area contributed by atoms with Crippen LogP contribution >= 0.6 is 0 Å². The maximum Gasteiger partial charge on any atom is 0.0832 e. The Kier molecular flexibility index (Phi) is 2.89. The predicted molar refractivity (Wildman–Crippen MR) is 60.4 cm³/mol. The Labute approximate surface area is 84.3 Å². The highest BCUT2D eigenvalue weighted by Crippen LogP contribution is 2.23. The summed E-state index contributed by atoms with van der Waals surface area (Å²) in [5, 5.41) is 8.95. The highest BCUT2D eigenvalue weighted by atomic mass is 15.1. The zero-order valence-electron chi connectivity index (χ0n) is 9.26. The van der Waals surface area contributed by atoms with Crippen molar-refractivity contribution in [2.75, 3.05) is 0 Å². The van der Waals surface area contributed by atoms with Crippen LogP contribution in [-0.4, -0.2) is 16.9 Å². The Hall–Kier alpha value is -1.38. The first kappa shape index (κ1) is 10.7. The van der Waals surface area contributed by atoms with Crippen molar-refractivity contribution < 1.29 is 0 Å². The molecule has 3 nitrogen and oxygen atoms in total. The number of aliphatic imine (C=N–C) groups is 1. The topological polar surface area (TPSA) is 41.0 Å². The number of hydrogen-bond acceptors (Lipinski definition) is 2. The third-order valence-corrected chi connectivity index (χ3v) is 2.42. The van der Waals surface area contributed by atoms with Crippen molar-refractivity contribution in [2.45, 2.75) is 27.7 Å². The lowest BCUT2D eigenvalue weighted by Gasteiger charge is -2.18. The van der Waals surface area contributed by atoms with Crippen LogP contribution in [0.25, 0.3) is 11.8 Å². The number of aromatic nitrogens is 2. The third-order valence-electron chi connectivity index (χ3n) is 2.42. The molecule has 0 saturated carbocycles. The van der Waals surface area contributed by atoms with Gasteiger partial charge in [-0.05, 0) is 19.1 Å². The zero-order valence-corrected chi connectivity index (χ0v) is 9.26. The van der Waals surface area contributed by atoms with Gasteiger partial charge in [-0.15, -0.1) is 0 Å². The van der Waals surface area contributed by atoms with E-state index in [9.17, 15) is 0 Å². The molecule has 0 spiro atoms. The Morgan fingerprint density at radius 1 is 1.57 bits per heavy atom. The van der Waals surface area contributed by atoms with Crippen LogP contribution in [-0.2, 0) is 0 Å². The van der Waals surface area contributed by atoms with E-state index in [1.165, 1.54) is 5.57 Å². The largest absolute Gasteiger partial charge is 0.276 e. The molecule has 0 bridgehead atoms. The fraction of sp³-hybridized carbons (Fsp3) is 0.455. The quantitative estimate of drug-likeness (QED) is 0.663. The molecule has 1 heterocycles. The molecule has 0 atom stereocenters. The maximum atomic E-state index is 4.01. The van der Waals surface area contributed by atoms with E-state index in [-0.39, 0.29) is 5.41 Å². The fourth-order valence-corrected chi connectivity index (χ4v) is 1.19. The molecule has 0 aliphatic rings. The molecule has 0 unspecified atom stereocenters. The van der Waals surface area contributed by atoms with E-state index in [0.717, 1.165) is 10.6 Å². The van der Waals surface area contributed by atoms with Crippen molar-refractivity contribution >= 4 is 18.5 Å². The standard InChI is InChI=1S/C11H17N3/c1-8(11(2,3)4)9-6-13-14-10(9)7-12-5/h6-7,14H,5H2,1-4H3/b9-8+,10-7+. The summed E-state index contributed by atoms with van der Waals surface area (Å²) in [6.45, 7) is 12.1. The molecule has 0 amide bonds. The van der Waals surface area contributed by atoms with Gasteiger partial charge in [-0.25, -0.2) is 0 Å². The summed E-state index contributed by atoms with van der Waals surface area (Å²) >= 11 is 0. The SMILES string of the molecule is C=N/C=c1/[nH]nc/c1=C(/C)C(C)(C)C. The van der Waals surface area contributed by atoms with Crippen LogP contribution < -0.4 is 10.6 Å². The second-order valence-corrected chi connectivity index (χ2v) is 4.38.